The van der Waals surface area contributed by atoms with Gasteiger partial charge in [0.1, 0.15) is 12.1 Å². The van der Waals surface area contributed by atoms with E-state index in [0.717, 1.165) is 11.8 Å². The molecular formula is C11H13FO. The Morgan fingerprint density at radius 3 is 2.77 bits per heavy atom. The van der Waals surface area contributed by atoms with Gasteiger partial charge in [-0.25, -0.2) is 4.39 Å². The van der Waals surface area contributed by atoms with E-state index in [4.69, 9.17) is 0 Å². The van der Waals surface area contributed by atoms with Gasteiger partial charge in [-0.15, -0.1) is 0 Å². The molecule has 0 radical (unpaired) electrons. The Bertz CT molecular complexity index is 307. The lowest BCUT2D eigenvalue weighted by Crippen LogP contribution is -2.01. The molecule has 0 heterocycles. The van der Waals surface area contributed by atoms with E-state index in [1.165, 1.54) is 6.07 Å². The van der Waals surface area contributed by atoms with Crippen LogP contribution in [0.3, 0.4) is 0 Å². The zero-order valence-electron chi connectivity index (χ0n) is 7.88. The summed E-state index contributed by atoms with van der Waals surface area (Å²) in [5.74, 6) is -0.431. The largest absolute Gasteiger partial charge is 0.303 e. The second-order valence-corrected chi connectivity index (χ2v) is 3.09. The van der Waals surface area contributed by atoms with Crippen LogP contribution in [0.5, 0.6) is 0 Å². The van der Waals surface area contributed by atoms with Crippen LogP contribution in [-0.2, 0) is 11.2 Å². The summed E-state index contributed by atoms with van der Waals surface area (Å²) in [5.41, 5.74) is 1.46. The molecule has 0 saturated carbocycles. The maximum Gasteiger partial charge on any atom is 0.127 e. The molecular weight excluding hydrogens is 167 g/mol. The highest BCUT2D eigenvalue weighted by Crippen LogP contribution is 2.21. The molecule has 0 aliphatic heterocycles. The highest BCUT2D eigenvalue weighted by Gasteiger charge is 2.11. The lowest BCUT2D eigenvalue weighted by molar-refractivity contribution is -0.108. The monoisotopic (exact) mass is 180 g/mol. The molecule has 1 aromatic rings. The SMILES string of the molecule is CCc1c(F)cccc1C(C)C=O. The lowest BCUT2D eigenvalue weighted by Gasteiger charge is -2.10. The Morgan fingerprint density at radius 2 is 2.23 bits per heavy atom. The normalized spacial score (nSPS) is 12.5. The number of benzene rings is 1. The third-order valence-electron chi connectivity index (χ3n) is 2.20. The summed E-state index contributed by atoms with van der Waals surface area (Å²) in [6.07, 6.45) is 1.47. The summed E-state index contributed by atoms with van der Waals surface area (Å²) in [6.45, 7) is 3.67. The summed E-state index contributed by atoms with van der Waals surface area (Å²) in [7, 11) is 0. The van der Waals surface area contributed by atoms with E-state index in [9.17, 15) is 9.18 Å². The molecule has 0 aliphatic rings. The average Bonchev–Trinajstić information content (AvgIpc) is 2.16. The number of hydrogen-bond donors (Lipinski definition) is 0. The van der Waals surface area contributed by atoms with Crippen molar-refractivity contribution in [2.75, 3.05) is 0 Å². The highest BCUT2D eigenvalue weighted by molar-refractivity contribution is 5.62. The fourth-order valence-corrected chi connectivity index (χ4v) is 1.45. The molecule has 1 atom stereocenters. The Balaban J connectivity index is 3.19. The molecule has 1 aromatic carbocycles. The first-order valence-electron chi connectivity index (χ1n) is 4.43. The van der Waals surface area contributed by atoms with Crippen LogP contribution < -0.4 is 0 Å². The molecule has 0 N–H and O–H groups in total. The fraction of sp³-hybridized carbons (Fsp3) is 0.364. The van der Waals surface area contributed by atoms with Gasteiger partial charge in [0, 0.05) is 5.92 Å². The van der Waals surface area contributed by atoms with Crippen molar-refractivity contribution in [3.05, 3.63) is 35.1 Å². The van der Waals surface area contributed by atoms with Crippen molar-refractivity contribution < 1.29 is 9.18 Å². The van der Waals surface area contributed by atoms with Gasteiger partial charge in [0.25, 0.3) is 0 Å². The van der Waals surface area contributed by atoms with Gasteiger partial charge in [-0.05, 0) is 23.6 Å². The van der Waals surface area contributed by atoms with Gasteiger partial charge < -0.3 is 4.79 Å². The van der Waals surface area contributed by atoms with E-state index >= 15 is 0 Å². The molecule has 0 spiro atoms. The van der Waals surface area contributed by atoms with Gasteiger partial charge in [0.15, 0.2) is 0 Å². The van der Waals surface area contributed by atoms with Crippen LogP contribution in [-0.4, -0.2) is 6.29 Å². The van der Waals surface area contributed by atoms with Crippen LogP contribution in [0, 0.1) is 5.82 Å². The smallest absolute Gasteiger partial charge is 0.127 e. The standard InChI is InChI=1S/C11H13FO/c1-3-9-10(8(2)7-13)5-4-6-11(9)12/h4-8H,3H2,1-2H3. The van der Waals surface area contributed by atoms with Gasteiger partial charge in [0.05, 0.1) is 0 Å². The van der Waals surface area contributed by atoms with Crippen molar-refractivity contribution in [3.8, 4) is 0 Å². The van der Waals surface area contributed by atoms with E-state index in [1.807, 2.05) is 6.92 Å². The Labute approximate surface area is 77.6 Å². The van der Waals surface area contributed by atoms with Crippen molar-refractivity contribution in [1.29, 1.82) is 0 Å². The topological polar surface area (TPSA) is 17.1 Å². The Morgan fingerprint density at radius 1 is 1.54 bits per heavy atom. The minimum Gasteiger partial charge on any atom is -0.303 e. The number of carbonyl (C=O) groups excluding carboxylic acids is 1. The summed E-state index contributed by atoms with van der Waals surface area (Å²) in [6, 6.07) is 4.88. The second kappa shape index (κ2) is 4.17. The molecule has 0 aliphatic carbocycles. The van der Waals surface area contributed by atoms with Crippen LogP contribution in [0.15, 0.2) is 18.2 Å². The van der Waals surface area contributed by atoms with Gasteiger partial charge in [-0.2, -0.15) is 0 Å². The molecule has 0 amide bonds. The lowest BCUT2D eigenvalue weighted by atomic mass is 9.95. The fourth-order valence-electron chi connectivity index (χ4n) is 1.45. The van der Waals surface area contributed by atoms with E-state index < -0.39 is 0 Å². The van der Waals surface area contributed by atoms with Crippen molar-refractivity contribution >= 4 is 6.29 Å². The average molecular weight is 180 g/mol. The molecule has 70 valence electrons. The first kappa shape index (κ1) is 9.90. The summed E-state index contributed by atoms with van der Waals surface area (Å²) in [4.78, 5) is 10.6. The maximum absolute atomic E-state index is 13.2. The molecule has 0 bridgehead atoms. The number of aldehydes is 1. The van der Waals surface area contributed by atoms with Crippen LogP contribution in [0.25, 0.3) is 0 Å². The van der Waals surface area contributed by atoms with Gasteiger partial charge >= 0.3 is 0 Å². The first-order valence-corrected chi connectivity index (χ1v) is 4.43. The third-order valence-corrected chi connectivity index (χ3v) is 2.20. The minimum absolute atomic E-state index is 0.214. The van der Waals surface area contributed by atoms with Gasteiger partial charge in [-0.3, -0.25) is 0 Å². The van der Waals surface area contributed by atoms with Gasteiger partial charge in [-0.1, -0.05) is 26.0 Å². The molecule has 0 saturated heterocycles. The van der Waals surface area contributed by atoms with Crippen molar-refractivity contribution in [2.45, 2.75) is 26.2 Å². The van der Waals surface area contributed by atoms with E-state index in [2.05, 4.69) is 0 Å². The summed E-state index contributed by atoms with van der Waals surface area (Å²) in [5, 5.41) is 0. The van der Waals surface area contributed by atoms with Crippen LogP contribution in [0.2, 0.25) is 0 Å². The zero-order valence-corrected chi connectivity index (χ0v) is 7.88. The number of hydrogen-bond acceptors (Lipinski definition) is 1. The quantitative estimate of drug-likeness (QED) is 0.653. The molecule has 0 aromatic heterocycles. The predicted octanol–water partition coefficient (Wildman–Crippen LogP) is 2.69. The van der Waals surface area contributed by atoms with Crippen molar-refractivity contribution in [1.82, 2.24) is 0 Å². The molecule has 2 heteroatoms. The molecule has 1 nitrogen and oxygen atoms in total. The second-order valence-electron chi connectivity index (χ2n) is 3.09. The first-order chi connectivity index (χ1) is 6.20. The molecule has 13 heavy (non-hydrogen) atoms. The highest BCUT2D eigenvalue weighted by atomic mass is 19.1. The molecule has 1 rings (SSSR count). The van der Waals surface area contributed by atoms with Crippen LogP contribution in [0.1, 0.15) is 30.9 Å². The van der Waals surface area contributed by atoms with Crippen molar-refractivity contribution in [2.24, 2.45) is 0 Å². The van der Waals surface area contributed by atoms with E-state index in [-0.39, 0.29) is 11.7 Å². The predicted molar refractivity (Wildman–Crippen MR) is 50.3 cm³/mol. The summed E-state index contributed by atoms with van der Waals surface area (Å²) < 4.78 is 13.2. The third kappa shape index (κ3) is 1.94. The molecule has 1 unspecified atom stereocenters. The number of carbonyl (C=O) groups is 1. The Kier molecular flexibility index (Phi) is 3.18. The minimum atomic E-state index is -0.217. The zero-order chi connectivity index (χ0) is 9.84. The number of halogens is 1. The number of rotatable bonds is 3. The van der Waals surface area contributed by atoms with Crippen LogP contribution in [0.4, 0.5) is 4.39 Å². The van der Waals surface area contributed by atoms with Gasteiger partial charge in [0.2, 0.25) is 0 Å². The van der Waals surface area contributed by atoms with E-state index in [1.54, 1.807) is 19.1 Å². The van der Waals surface area contributed by atoms with E-state index in [0.29, 0.717) is 12.0 Å². The maximum atomic E-state index is 13.2. The Hall–Kier alpha value is -1.18. The van der Waals surface area contributed by atoms with Crippen LogP contribution >= 0.6 is 0 Å². The molecule has 0 fully saturated rings. The van der Waals surface area contributed by atoms with Crippen molar-refractivity contribution in [3.63, 3.8) is 0 Å². The summed E-state index contributed by atoms with van der Waals surface area (Å²) >= 11 is 0.